The molecule has 2 amide bonds. The molecule has 0 saturated heterocycles. The Hall–Kier alpha value is -3.60. The third-order valence-electron chi connectivity index (χ3n) is 5.77. The molecule has 164 valence electrons. The molecule has 5 heteroatoms. The number of hydrogen-bond donors (Lipinski definition) is 2. The molecule has 0 fully saturated rings. The Balaban J connectivity index is 1.47. The van der Waals surface area contributed by atoms with E-state index < -0.39 is 6.04 Å². The normalized spacial score (nSPS) is 14.1. The Labute approximate surface area is 189 Å². The number of carbonyl (C=O) groups is 2. The van der Waals surface area contributed by atoms with E-state index in [0.29, 0.717) is 12.1 Å². The van der Waals surface area contributed by atoms with Crippen LogP contribution in [-0.2, 0) is 22.4 Å². The van der Waals surface area contributed by atoms with Crippen LogP contribution >= 0.6 is 0 Å². The maximum absolute atomic E-state index is 13.1. The van der Waals surface area contributed by atoms with Gasteiger partial charge in [-0.15, -0.1) is 0 Å². The molecule has 3 aromatic rings. The molecule has 0 spiro atoms. The van der Waals surface area contributed by atoms with E-state index in [1.807, 2.05) is 72.8 Å². The first-order valence-electron chi connectivity index (χ1n) is 11.2. The average Bonchev–Trinajstić information content (AvgIpc) is 3.02. The molecule has 0 aromatic heterocycles. The van der Waals surface area contributed by atoms with Crippen molar-refractivity contribution in [2.24, 2.45) is 0 Å². The summed E-state index contributed by atoms with van der Waals surface area (Å²) in [6.45, 7) is 1.07. The van der Waals surface area contributed by atoms with Gasteiger partial charge in [0.2, 0.25) is 11.8 Å². The first-order chi connectivity index (χ1) is 15.7. The van der Waals surface area contributed by atoms with Crippen molar-refractivity contribution >= 4 is 23.2 Å². The summed E-state index contributed by atoms with van der Waals surface area (Å²) in [4.78, 5) is 28.2. The number of nitrogens with one attached hydrogen (secondary N) is 2. The Kier molecular flexibility index (Phi) is 7.18. The number of para-hydroxylation sites is 2. The van der Waals surface area contributed by atoms with E-state index >= 15 is 0 Å². The molecule has 0 saturated carbocycles. The third-order valence-corrected chi connectivity index (χ3v) is 5.77. The lowest BCUT2D eigenvalue weighted by Crippen LogP contribution is -2.48. The minimum Gasteiger partial charge on any atom is -0.362 e. The fraction of sp³-hybridized carbons (Fsp3) is 0.259. The minimum atomic E-state index is -0.660. The Morgan fingerprint density at radius 2 is 1.53 bits per heavy atom. The van der Waals surface area contributed by atoms with Gasteiger partial charge in [0.1, 0.15) is 6.04 Å². The molecule has 0 aliphatic carbocycles. The summed E-state index contributed by atoms with van der Waals surface area (Å²) in [5, 5.41) is 5.92. The molecule has 1 aliphatic heterocycles. The van der Waals surface area contributed by atoms with Gasteiger partial charge in [-0.05, 0) is 48.6 Å². The summed E-state index contributed by atoms with van der Waals surface area (Å²) < 4.78 is 0. The van der Waals surface area contributed by atoms with Crippen molar-refractivity contribution in [3.63, 3.8) is 0 Å². The summed E-state index contributed by atoms with van der Waals surface area (Å²) in [6.07, 6.45) is 3.63. The van der Waals surface area contributed by atoms with E-state index in [9.17, 15) is 9.59 Å². The zero-order chi connectivity index (χ0) is 22.2. The van der Waals surface area contributed by atoms with Crippen LogP contribution in [0.2, 0.25) is 0 Å². The lowest BCUT2D eigenvalue weighted by atomic mass is 10.0. The van der Waals surface area contributed by atoms with Crippen LogP contribution in [0.1, 0.15) is 24.0 Å². The van der Waals surface area contributed by atoms with Gasteiger partial charge in [0.15, 0.2) is 0 Å². The highest BCUT2D eigenvalue weighted by Gasteiger charge is 2.24. The standard InChI is InChI=1S/C27H29N3O2/c31-26(20-30-18-10-9-14-22-13-7-8-17-25(22)30)29-24(19-21-11-3-1-4-12-21)27(32)28-23-15-5-2-6-16-23/h1-8,11-13,15-17,24H,9-10,14,18-20H2,(H,28,32)(H,29,31). The largest absolute Gasteiger partial charge is 0.362 e. The zero-order valence-corrected chi connectivity index (χ0v) is 18.2. The Morgan fingerprint density at radius 3 is 2.31 bits per heavy atom. The smallest absolute Gasteiger partial charge is 0.247 e. The molecule has 1 heterocycles. The van der Waals surface area contributed by atoms with Crippen molar-refractivity contribution in [3.8, 4) is 0 Å². The molecule has 3 aromatic carbocycles. The SMILES string of the molecule is O=C(CN1CCCCc2ccccc21)NC(Cc1ccccc1)C(=O)Nc1ccccc1. The highest BCUT2D eigenvalue weighted by atomic mass is 16.2. The molecular formula is C27H29N3O2. The second kappa shape index (κ2) is 10.6. The van der Waals surface area contributed by atoms with Crippen molar-refractivity contribution in [2.45, 2.75) is 31.7 Å². The van der Waals surface area contributed by atoms with Gasteiger partial charge in [0.25, 0.3) is 0 Å². The third kappa shape index (κ3) is 5.76. The van der Waals surface area contributed by atoms with Crippen molar-refractivity contribution in [1.82, 2.24) is 5.32 Å². The predicted octanol–water partition coefficient (Wildman–Crippen LogP) is 4.20. The molecule has 4 rings (SSSR count). The fourth-order valence-electron chi connectivity index (χ4n) is 4.16. The van der Waals surface area contributed by atoms with Crippen molar-refractivity contribution in [2.75, 3.05) is 23.3 Å². The van der Waals surface area contributed by atoms with E-state index in [0.717, 1.165) is 37.1 Å². The first kappa shape index (κ1) is 21.6. The van der Waals surface area contributed by atoms with Gasteiger partial charge in [-0.2, -0.15) is 0 Å². The summed E-state index contributed by atoms with van der Waals surface area (Å²) in [6, 6.07) is 26.7. The average molecular weight is 428 g/mol. The van der Waals surface area contributed by atoms with Gasteiger partial charge in [-0.1, -0.05) is 66.7 Å². The number of anilines is 2. The highest BCUT2D eigenvalue weighted by molar-refractivity contribution is 5.98. The Morgan fingerprint density at radius 1 is 0.844 bits per heavy atom. The van der Waals surface area contributed by atoms with E-state index in [1.165, 1.54) is 5.56 Å². The van der Waals surface area contributed by atoms with E-state index in [2.05, 4.69) is 27.7 Å². The predicted molar refractivity (Wildman–Crippen MR) is 129 cm³/mol. The molecule has 5 nitrogen and oxygen atoms in total. The van der Waals surface area contributed by atoms with Gasteiger partial charge >= 0.3 is 0 Å². The van der Waals surface area contributed by atoms with Crippen LogP contribution < -0.4 is 15.5 Å². The molecule has 1 unspecified atom stereocenters. The van der Waals surface area contributed by atoms with Crippen LogP contribution in [0.5, 0.6) is 0 Å². The number of hydrogen-bond acceptors (Lipinski definition) is 3. The van der Waals surface area contributed by atoms with E-state index in [1.54, 1.807) is 0 Å². The molecule has 2 N–H and O–H groups in total. The summed E-state index contributed by atoms with van der Waals surface area (Å²) in [5.41, 5.74) is 4.11. The second-order valence-electron chi connectivity index (χ2n) is 8.17. The lowest BCUT2D eigenvalue weighted by molar-refractivity contribution is -0.125. The number of carbonyl (C=O) groups excluding carboxylic acids is 2. The molecule has 0 radical (unpaired) electrons. The van der Waals surface area contributed by atoms with Gasteiger partial charge in [-0.3, -0.25) is 9.59 Å². The molecule has 32 heavy (non-hydrogen) atoms. The van der Waals surface area contributed by atoms with Crippen LogP contribution in [0.4, 0.5) is 11.4 Å². The number of rotatable bonds is 7. The van der Waals surface area contributed by atoms with Gasteiger partial charge in [0, 0.05) is 24.3 Å². The minimum absolute atomic E-state index is 0.147. The number of fused-ring (bicyclic) bond motifs is 1. The van der Waals surface area contributed by atoms with Crippen LogP contribution in [0.3, 0.4) is 0 Å². The van der Waals surface area contributed by atoms with Crippen LogP contribution in [0.15, 0.2) is 84.9 Å². The molecular weight excluding hydrogens is 398 g/mol. The maximum Gasteiger partial charge on any atom is 0.247 e. The van der Waals surface area contributed by atoms with Gasteiger partial charge < -0.3 is 15.5 Å². The number of aryl methyl sites for hydroxylation is 1. The van der Waals surface area contributed by atoms with Crippen molar-refractivity contribution in [3.05, 3.63) is 96.1 Å². The number of amides is 2. The molecule has 1 atom stereocenters. The van der Waals surface area contributed by atoms with Gasteiger partial charge in [0.05, 0.1) is 6.54 Å². The molecule has 1 aliphatic rings. The fourth-order valence-corrected chi connectivity index (χ4v) is 4.16. The second-order valence-corrected chi connectivity index (χ2v) is 8.17. The topological polar surface area (TPSA) is 61.4 Å². The maximum atomic E-state index is 13.1. The summed E-state index contributed by atoms with van der Waals surface area (Å²) in [7, 11) is 0. The lowest BCUT2D eigenvalue weighted by Gasteiger charge is -2.26. The quantitative estimate of drug-likeness (QED) is 0.594. The van der Waals surface area contributed by atoms with Crippen LogP contribution in [0, 0.1) is 0 Å². The van der Waals surface area contributed by atoms with E-state index in [-0.39, 0.29) is 18.4 Å². The highest BCUT2D eigenvalue weighted by Crippen LogP contribution is 2.25. The summed E-state index contributed by atoms with van der Waals surface area (Å²) in [5.74, 6) is -0.365. The first-order valence-corrected chi connectivity index (χ1v) is 11.2. The number of nitrogens with zero attached hydrogens (tertiary/aromatic N) is 1. The monoisotopic (exact) mass is 427 g/mol. The number of benzene rings is 3. The molecule has 0 bridgehead atoms. The zero-order valence-electron chi connectivity index (χ0n) is 18.2. The van der Waals surface area contributed by atoms with E-state index in [4.69, 9.17) is 0 Å². The van der Waals surface area contributed by atoms with Gasteiger partial charge in [-0.25, -0.2) is 0 Å². The van der Waals surface area contributed by atoms with Crippen LogP contribution in [0.25, 0.3) is 0 Å². The Bertz CT molecular complexity index is 1040. The van der Waals surface area contributed by atoms with Crippen molar-refractivity contribution in [1.29, 1.82) is 0 Å². The van der Waals surface area contributed by atoms with Crippen molar-refractivity contribution < 1.29 is 9.59 Å². The van der Waals surface area contributed by atoms with Crippen LogP contribution in [-0.4, -0.2) is 30.9 Å². The summed E-state index contributed by atoms with van der Waals surface area (Å²) >= 11 is 0.